The second kappa shape index (κ2) is 4.39. The summed E-state index contributed by atoms with van der Waals surface area (Å²) in [6, 6.07) is 4.85. The van der Waals surface area contributed by atoms with Crippen LogP contribution in [0.1, 0.15) is 17.4 Å². The van der Waals surface area contributed by atoms with Gasteiger partial charge in [-0.2, -0.15) is 0 Å². The van der Waals surface area contributed by atoms with Crippen LogP contribution in [0.4, 0.5) is 0 Å². The van der Waals surface area contributed by atoms with E-state index < -0.39 is 16.0 Å². The third-order valence-electron chi connectivity index (χ3n) is 2.22. The first-order chi connectivity index (χ1) is 8.45. The number of pyridine rings is 1. The molecule has 0 amide bonds. The average Bonchev–Trinajstić information content (AvgIpc) is 2.68. The highest BCUT2D eigenvalue weighted by molar-refractivity contribution is 7.89. The fourth-order valence-corrected chi connectivity index (χ4v) is 2.40. The van der Waals surface area contributed by atoms with Gasteiger partial charge in [-0.15, -0.1) is 0 Å². The maximum Gasteiger partial charge on any atom is 0.360 e. The van der Waals surface area contributed by atoms with Gasteiger partial charge in [0.25, 0.3) is 10.0 Å². The molecule has 2 aromatic heterocycles. The number of sulfonamides is 1. The van der Waals surface area contributed by atoms with E-state index in [-0.39, 0.29) is 17.3 Å². The average molecular weight is 269 g/mol. The summed E-state index contributed by atoms with van der Waals surface area (Å²) in [5.74, 6) is -0.815. The van der Waals surface area contributed by atoms with E-state index in [1.807, 2.05) is 0 Å². The minimum absolute atomic E-state index is 0.122. The molecular formula is C10H11N3O4S. The Bertz CT molecular complexity index is 705. The van der Waals surface area contributed by atoms with E-state index >= 15 is 0 Å². The fourth-order valence-electron chi connectivity index (χ4n) is 1.58. The van der Waals surface area contributed by atoms with Crippen LogP contribution in [0, 0.1) is 0 Å². The Labute approximate surface area is 103 Å². The maximum absolute atomic E-state index is 11.7. The highest BCUT2D eigenvalue weighted by Crippen LogP contribution is 2.17. The summed E-state index contributed by atoms with van der Waals surface area (Å²) in [5, 5.41) is 4.74. The minimum atomic E-state index is -4.08. The van der Waals surface area contributed by atoms with Crippen LogP contribution in [0.15, 0.2) is 29.4 Å². The van der Waals surface area contributed by atoms with Crippen LogP contribution in [0.5, 0.6) is 0 Å². The number of nitrogens with two attached hydrogens (primary N) is 1. The molecule has 0 aliphatic heterocycles. The van der Waals surface area contributed by atoms with Gasteiger partial charge >= 0.3 is 5.97 Å². The summed E-state index contributed by atoms with van der Waals surface area (Å²) in [4.78, 5) is 15.6. The number of ether oxygens (including phenoxy) is 1. The highest BCUT2D eigenvalue weighted by atomic mass is 32.2. The SMILES string of the molecule is CCOC(=O)c1nc2ccccn2c1S(N)(=O)=O. The predicted octanol–water partition coefficient (Wildman–Crippen LogP) is 0.158. The molecule has 2 N–H and O–H groups in total. The summed E-state index contributed by atoms with van der Waals surface area (Å²) in [5.41, 5.74) is 0.00938. The molecular weight excluding hydrogens is 258 g/mol. The molecule has 0 aliphatic carbocycles. The van der Waals surface area contributed by atoms with Crippen LogP contribution in [0.25, 0.3) is 5.65 Å². The normalized spacial score (nSPS) is 11.7. The number of imidazole rings is 1. The summed E-state index contributed by atoms with van der Waals surface area (Å²) >= 11 is 0. The Morgan fingerprint density at radius 1 is 1.50 bits per heavy atom. The summed E-state index contributed by atoms with van der Waals surface area (Å²) in [7, 11) is -4.08. The molecule has 18 heavy (non-hydrogen) atoms. The summed E-state index contributed by atoms with van der Waals surface area (Å²) in [6.45, 7) is 1.74. The summed E-state index contributed by atoms with van der Waals surface area (Å²) in [6.07, 6.45) is 1.46. The molecule has 0 aromatic carbocycles. The fraction of sp³-hybridized carbons (Fsp3) is 0.200. The first-order valence-electron chi connectivity index (χ1n) is 5.12. The van der Waals surface area contributed by atoms with E-state index in [1.165, 1.54) is 10.6 Å². The molecule has 7 nitrogen and oxygen atoms in total. The van der Waals surface area contributed by atoms with Crippen LogP contribution in [-0.2, 0) is 14.8 Å². The second-order valence-electron chi connectivity index (χ2n) is 3.46. The lowest BCUT2D eigenvalue weighted by molar-refractivity contribution is 0.0515. The highest BCUT2D eigenvalue weighted by Gasteiger charge is 2.27. The Kier molecular flexibility index (Phi) is 3.05. The van der Waals surface area contributed by atoms with Gasteiger partial charge in [0.2, 0.25) is 0 Å². The molecule has 0 unspecified atom stereocenters. The smallest absolute Gasteiger partial charge is 0.360 e. The molecule has 0 radical (unpaired) electrons. The quantitative estimate of drug-likeness (QED) is 0.799. The van der Waals surface area contributed by atoms with E-state index in [1.54, 1.807) is 25.1 Å². The van der Waals surface area contributed by atoms with Gasteiger partial charge in [-0.25, -0.2) is 23.3 Å². The monoisotopic (exact) mass is 269 g/mol. The van der Waals surface area contributed by atoms with E-state index in [4.69, 9.17) is 9.88 Å². The zero-order valence-electron chi connectivity index (χ0n) is 9.53. The lowest BCUT2D eigenvalue weighted by Crippen LogP contribution is -2.19. The number of esters is 1. The van der Waals surface area contributed by atoms with Crippen molar-refractivity contribution in [3.8, 4) is 0 Å². The van der Waals surface area contributed by atoms with Crippen molar-refractivity contribution in [1.29, 1.82) is 0 Å². The number of rotatable bonds is 3. The van der Waals surface area contributed by atoms with Gasteiger partial charge in [-0.05, 0) is 19.1 Å². The molecule has 0 bridgehead atoms. The Hall–Kier alpha value is -1.93. The number of hydrogen-bond acceptors (Lipinski definition) is 5. The summed E-state index contributed by atoms with van der Waals surface area (Å²) < 4.78 is 29.1. The molecule has 0 saturated heterocycles. The van der Waals surface area contributed by atoms with Crippen molar-refractivity contribution in [3.05, 3.63) is 30.1 Å². The zero-order valence-corrected chi connectivity index (χ0v) is 10.3. The molecule has 2 heterocycles. The Balaban J connectivity index is 2.77. The topological polar surface area (TPSA) is 104 Å². The van der Waals surface area contributed by atoms with Crippen molar-refractivity contribution in [2.24, 2.45) is 5.14 Å². The maximum atomic E-state index is 11.7. The number of fused-ring (bicyclic) bond motifs is 1. The number of carbonyl (C=O) groups excluding carboxylic acids is 1. The molecule has 0 atom stereocenters. The van der Waals surface area contributed by atoms with Crippen molar-refractivity contribution in [3.63, 3.8) is 0 Å². The number of aromatic nitrogens is 2. The van der Waals surface area contributed by atoms with Gasteiger partial charge in [0.1, 0.15) is 5.65 Å². The number of nitrogens with zero attached hydrogens (tertiary/aromatic N) is 2. The van der Waals surface area contributed by atoms with E-state index in [0.29, 0.717) is 5.65 Å². The van der Waals surface area contributed by atoms with E-state index in [2.05, 4.69) is 4.98 Å². The van der Waals surface area contributed by atoms with E-state index in [0.717, 1.165) is 0 Å². The Morgan fingerprint density at radius 2 is 2.22 bits per heavy atom. The first kappa shape index (κ1) is 12.5. The van der Waals surface area contributed by atoms with Crippen LogP contribution >= 0.6 is 0 Å². The minimum Gasteiger partial charge on any atom is -0.461 e. The van der Waals surface area contributed by atoms with Gasteiger partial charge in [0.15, 0.2) is 10.7 Å². The van der Waals surface area contributed by atoms with Gasteiger partial charge in [-0.1, -0.05) is 6.07 Å². The second-order valence-corrected chi connectivity index (χ2v) is 4.94. The standard InChI is InChI=1S/C10H11N3O4S/c1-2-17-10(14)8-9(18(11,15)16)13-6-4-3-5-7(13)12-8/h3-6H,2H2,1H3,(H2,11,15,16). The molecule has 0 spiro atoms. The van der Waals surface area contributed by atoms with Gasteiger partial charge < -0.3 is 4.74 Å². The molecule has 8 heteroatoms. The van der Waals surface area contributed by atoms with Crippen molar-refractivity contribution in [2.45, 2.75) is 11.9 Å². The van der Waals surface area contributed by atoms with Crippen molar-refractivity contribution in [1.82, 2.24) is 9.38 Å². The van der Waals surface area contributed by atoms with Crippen LogP contribution in [-0.4, -0.2) is 30.4 Å². The van der Waals surface area contributed by atoms with Gasteiger partial charge in [-0.3, -0.25) is 4.40 Å². The lowest BCUT2D eigenvalue weighted by Gasteiger charge is -2.01. The van der Waals surface area contributed by atoms with Crippen LogP contribution < -0.4 is 5.14 Å². The largest absolute Gasteiger partial charge is 0.461 e. The molecule has 0 fully saturated rings. The molecule has 0 saturated carbocycles. The number of carbonyl (C=O) groups is 1. The third-order valence-corrected chi connectivity index (χ3v) is 3.15. The molecule has 2 rings (SSSR count). The molecule has 0 aliphatic rings. The van der Waals surface area contributed by atoms with Crippen LogP contribution in [0.3, 0.4) is 0 Å². The lowest BCUT2D eigenvalue weighted by atomic mass is 10.5. The number of hydrogen-bond donors (Lipinski definition) is 1. The third kappa shape index (κ3) is 2.07. The van der Waals surface area contributed by atoms with Gasteiger partial charge in [0.05, 0.1) is 6.61 Å². The van der Waals surface area contributed by atoms with E-state index in [9.17, 15) is 13.2 Å². The first-order valence-corrected chi connectivity index (χ1v) is 6.66. The van der Waals surface area contributed by atoms with Crippen LogP contribution in [0.2, 0.25) is 0 Å². The molecule has 2 aromatic rings. The number of primary sulfonamides is 1. The Morgan fingerprint density at radius 3 is 2.83 bits per heavy atom. The molecule has 96 valence electrons. The predicted molar refractivity (Wildman–Crippen MR) is 62.5 cm³/mol. The zero-order chi connectivity index (χ0) is 13.3. The van der Waals surface area contributed by atoms with Crippen molar-refractivity contribution < 1.29 is 17.9 Å². The van der Waals surface area contributed by atoms with Gasteiger partial charge in [0, 0.05) is 6.20 Å². The van der Waals surface area contributed by atoms with Crippen molar-refractivity contribution >= 4 is 21.6 Å². The van der Waals surface area contributed by atoms with Crippen molar-refractivity contribution in [2.75, 3.05) is 6.61 Å².